The van der Waals surface area contributed by atoms with E-state index in [1.807, 2.05) is 11.5 Å². The summed E-state index contributed by atoms with van der Waals surface area (Å²) >= 11 is 0. The molecule has 0 spiro atoms. The highest BCUT2D eigenvalue weighted by Gasteiger charge is 2.32. The summed E-state index contributed by atoms with van der Waals surface area (Å²) in [7, 11) is 1.60. The summed E-state index contributed by atoms with van der Waals surface area (Å²) in [6.45, 7) is 3.22. The molecule has 1 amide bonds. The Kier molecular flexibility index (Phi) is 4.38. The molecule has 0 bridgehead atoms. The normalized spacial score (nSPS) is 17.4. The molecule has 6 nitrogen and oxygen atoms in total. The number of hydrogen-bond acceptors (Lipinski definition) is 4. The van der Waals surface area contributed by atoms with Crippen LogP contribution in [0.5, 0.6) is 0 Å². The van der Waals surface area contributed by atoms with Crippen molar-refractivity contribution in [1.82, 2.24) is 19.7 Å². The molecular formula is C16H19FN4O2. The van der Waals surface area contributed by atoms with Crippen LogP contribution in [0.25, 0.3) is 0 Å². The van der Waals surface area contributed by atoms with Gasteiger partial charge in [0, 0.05) is 20.1 Å². The summed E-state index contributed by atoms with van der Waals surface area (Å²) in [5.74, 6) is 1.06. The van der Waals surface area contributed by atoms with Gasteiger partial charge in [-0.15, -0.1) is 10.2 Å². The predicted octanol–water partition coefficient (Wildman–Crippen LogP) is 1.56. The third kappa shape index (κ3) is 2.96. The van der Waals surface area contributed by atoms with E-state index >= 15 is 0 Å². The van der Waals surface area contributed by atoms with Crippen LogP contribution >= 0.6 is 0 Å². The maximum Gasteiger partial charge on any atom is 0.245 e. The van der Waals surface area contributed by atoms with Crippen LogP contribution in [-0.2, 0) is 22.5 Å². The standard InChI is InChI=1S/C16H19FN4O2/c1-11-16(22)20(7-8-23-2)10-15-19-18-14(21(11)15)9-12-5-3-4-6-13(12)17/h3-6,11H,7-10H2,1-2H3/t11-/m0/s1. The van der Waals surface area contributed by atoms with E-state index in [0.29, 0.717) is 37.5 Å². The lowest BCUT2D eigenvalue weighted by atomic mass is 10.1. The van der Waals surface area contributed by atoms with Gasteiger partial charge in [0.15, 0.2) is 5.82 Å². The summed E-state index contributed by atoms with van der Waals surface area (Å²) in [5.41, 5.74) is 0.546. The first-order valence-electron chi connectivity index (χ1n) is 7.55. The van der Waals surface area contributed by atoms with Gasteiger partial charge in [-0.05, 0) is 18.6 Å². The minimum Gasteiger partial charge on any atom is -0.383 e. The number of carbonyl (C=O) groups is 1. The smallest absolute Gasteiger partial charge is 0.245 e. The molecule has 1 aliphatic heterocycles. The van der Waals surface area contributed by atoms with Gasteiger partial charge in [0.05, 0.1) is 13.2 Å². The molecule has 1 aliphatic rings. The first-order chi connectivity index (χ1) is 11.1. The number of rotatable bonds is 5. The summed E-state index contributed by atoms with van der Waals surface area (Å²) in [6.07, 6.45) is 0.315. The quantitative estimate of drug-likeness (QED) is 0.839. The van der Waals surface area contributed by atoms with Gasteiger partial charge in [0.2, 0.25) is 5.91 Å². The van der Waals surface area contributed by atoms with Crippen molar-refractivity contribution in [3.8, 4) is 0 Å². The molecule has 0 saturated heterocycles. The molecular weight excluding hydrogens is 299 g/mol. The Morgan fingerprint density at radius 1 is 1.35 bits per heavy atom. The van der Waals surface area contributed by atoms with E-state index in [9.17, 15) is 9.18 Å². The zero-order chi connectivity index (χ0) is 16.4. The second-order valence-corrected chi connectivity index (χ2v) is 5.60. The van der Waals surface area contributed by atoms with Crippen LogP contribution < -0.4 is 0 Å². The molecule has 0 N–H and O–H groups in total. The SMILES string of the molecule is COCCN1Cc2nnc(Cc3ccccc3F)n2[C@@H](C)C1=O. The van der Waals surface area contributed by atoms with Crippen LogP contribution in [0.4, 0.5) is 4.39 Å². The van der Waals surface area contributed by atoms with Crippen LogP contribution in [-0.4, -0.2) is 45.8 Å². The molecule has 7 heteroatoms. The molecule has 0 unspecified atom stereocenters. The van der Waals surface area contributed by atoms with Crippen molar-refractivity contribution in [2.75, 3.05) is 20.3 Å². The Morgan fingerprint density at radius 2 is 2.13 bits per heavy atom. The lowest BCUT2D eigenvalue weighted by Gasteiger charge is -2.32. The number of methoxy groups -OCH3 is 1. The highest BCUT2D eigenvalue weighted by atomic mass is 19.1. The number of amides is 1. The van der Waals surface area contributed by atoms with Crippen LogP contribution in [0, 0.1) is 5.82 Å². The zero-order valence-electron chi connectivity index (χ0n) is 13.2. The molecule has 2 heterocycles. The van der Waals surface area contributed by atoms with E-state index in [1.54, 1.807) is 30.2 Å². The van der Waals surface area contributed by atoms with Gasteiger partial charge >= 0.3 is 0 Å². The molecule has 1 aromatic heterocycles. The Morgan fingerprint density at radius 3 is 2.87 bits per heavy atom. The minimum absolute atomic E-state index is 0.00383. The first-order valence-corrected chi connectivity index (χ1v) is 7.55. The van der Waals surface area contributed by atoms with Crippen LogP contribution in [0.2, 0.25) is 0 Å². The number of halogens is 1. The molecule has 3 rings (SSSR count). The number of fused-ring (bicyclic) bond motifs is 1. The van der Waals surface area contributed by atoms with Gasteiger partial charge in [0.25, 0.3) is 0 Å². The second kappa shape index (κ2) is 6.45. The molecule has 0 fully saturated rings. The van der Waals surface area contributed by atoms with Gasteiger partial charge in [-0.3, -0.25) is 4.79 Å². The van der Waals surface area contributed by atoms with Crippen molar-refractivity contribution in [2.45, 2.75) is 25.9 Å². The van der Waals surface area contributed by atoms with Gasteiger partial charge in [-0.2, -0.15) is 0 Å². The van der Waals surface area contributed by atoms with Crippen molar-refractivity contribution in [3.05, 3.63) is 47.3 Å². The Hall–Kier alpha value is -2.28. The fourth-order valence-electron chi connectivity index (χ4n) is 2.86. The maximum atomic E-state index is 13.8. The van der Waals surface area contributed by atoms with E-state index in [0.717, 1.165) is 5.82 Å². The fourth-order valence-corrected chi connectivity index (χ4v) is 2.86. The summed E-state index contributed by atoms with van der Waals surface area (Å²) in [6, 6.07) is 6.18. The number of hydrogen-bond donors (Lipinski definition) is 0. The second-order valence-electron chi connectivity index (χ2n) is 5.60. The zero-order valence-corrected chi connectivity index (χ0v) is 13.2. The molecule has 23 heavy (non-hydrogen) atoms. The number of nitrogens with zero attached hydrogens (tertiary/aromatic N) is 4. The largest absolute Gasteiger partial charge is 0.383 e. The molecule has 0 radical (unpaired) electrons. The average molecular weight is 318 g/mol. The number of benzene rings is 1. The highest BCUT2D eigenvalue weighted by molar-refractivity contribution is 5.81. The van der Waals surface area contributed by atoms with Crippen LogP contribution in [0.1, 0.15) is 30.2 Å². The van der Waals surface area contributed by atoms with E-state index in [-0.39, 0.29) is 11.7 Å². The topological polar surface area (TPSA) is 60.2 Å². The Bertz CT molecular complexity index is 716. The molecule has 0 saturated carbocycles. The van der Waals surface area contributed by atoms with Crippen molar-refractivity contribution >= 4 is 5.91 Å². The van der Waals surface area contributed by atoms with Gasteiger partial charge in [0.1, 0.15) is 17.7 Å². The van der Waals surface area contributed by atoms with Crippen molar-refractivity contribution in [3.63, 3.8) is 0 Å². The minimum atomic E-state index is -0.396. The number of carbonyl (C=O) groups excluding carboxylic acids is 1. The number of aromatic nitrogens is 3. The molecule has 1 aromatic carbocycles. The molecule has 122 valence electrons. The van der Waals surface area contributed by atoms with Crippen molar-refractivity contribution in [1.29, 1.82) is 0 Å². The van der Waals surface area contributed by atoms with E-state index in [2.05, 4.69) is 10.2 Å². The summed E-state index contributed by atoms with van der Waals surface area (Å²) in [4.78, 5) is 14.2. The molecule has 0 aliphatic carbocycles. The lowest BCUT2D eigenvalue weighted by molar-refractivity contribution is -0.137. The molecule has 2 aromatic rings. The fraction of sp³-hybridized carbons (Fsp3) is 0.438. The highest BCUT2D eigenvalue weighted by Crippen LogP contribution is 2.24. The summed E-state index contributed by atoms with van der Waals surface area (Å²) < 4.78 is 20.7. The predicted molar refractivity (Wildman–Crippen MR) is 81.2 cm³/mol. The van der Waals surface area contributed by atoms with Crippen molar-refractivity contribution in [2.24, 2.45) is 0 Å². The van der Waals surface area contributed by atoms with Gasteiger partial charge < -0.3 is 14.2 Å². The van der Waals surface area contributed by atoms with Gasteiger partial charge in [-0.25, -0.2) is 4.39 Å². The summed E-state index contributed by atoms with van der Waals surface area (Å²) in [5, 5.41) is 8.35. The lowest BCUT2D eigenvalue weighted by Crippen LogP contribution is -2.43. The Labute approximate surface area is 133 Å². The third-order valence-corrected chi connectivity index (χ3v) is 4.10. The van der Waals surface area contributed by atoms with Gasteiger partial charge in [-0.1, -0.05) is 18.2 Å². The van der Waals surface area contributed by atoms with E-state index < -0.39 is 6.04 Å². The number of ether oxygens (including phenoxy) is 1. The Balaban J connectivity index is 1.86. The average Bonchev–Trinajstić information content (AvgIpc) is 2.94. The van der Waals surface area contributed by atoms with E-state index in [4.69, 9.17) is 4.74 Å². The first kappa shape index (κ1) is 15.6. The van der Waals surface area contributed by atoms with E-state index in [1.165, 1.54) is 6.07 Å². The van der Waals surface area contributed by atoms with Crippen molar-refractivity contribution < 1.29 is 13.9 Å². The molecule has 1 atom stereocenters. The maximum absolute atomic E-state index is 13.8. The van der Waals surface area contributed by atoms with Crippen LogP contribution in [0.15, 0.2) is 24.3 Å². The third-order valence-electron chi connectivity index (χ3n) is 4.10. The monoisotopic (exact) mass is 318 g/mol. The van der Waals surface area contributed by atoms with Crippen LogP contribution in [0.3, 0.4) is 0 Å².